The molecule has 0 aliphatic rings. The molecule has 0 saturated heterocycles. The number of nitrogen functional groups attached to an aromatic ring is 1. The second kappa shape index (κ2) is 4.18. The molecule has 1 heterocycles. The molecule has 1 aromatic heterocycles. The summed E-state index contributed by atoms with van der Waals surface area (Å²) in [6.07, 6.45) is -4.71. The fourth-order valence-corrected chi connectivity index (χ4v) is 1.79. The molecule has 0 unspecified atom stereocenters. The summed E-state index contributed by atoms with van der Waals surface area (Å²) in [5.74, 6) is 0. The zero-order valence-electron chi connectivity index (χ0n) is 10.2. The van der Waals surface area contributed by atoms with Gasteiger partial charge in [-0.25, -0.2) is 4.79 Å². The smallest absolute Gasteiger partial charge is 0.419 e. The highest BCUT2D eigenvalue weighted by molar-refractivity contribution is 5.87. The van der Waals surface area contributed by atoms with Crippen LogP contribution in [-0.4, -0.2) is 14.1 Å². The van der Waals surface area contributed by atoms with Crippen LogP contribution in [0.25, 0.3) is 11.0 Å². The average Bonchev–Trinajstić information content (AvgIpc) is 2.28. The Morgan fingerprint density at radius 3 is 2.42 bits per heavy atom. The van der Waals surface area contributed by atoms with E-state index in [0.29, 0.717) is 5.69 Å². The van der Waals surface area contributed by atoms with E-state index >= 15 is 0 Å². The van der Waals surface area contributed by atoms with E-state index in [1.165, 1.54) is 18.2 Å². The number of anilines is 2. The largest absolute Gasteiger partial charge is 0.421 e. The van der Waals surface area contributed by atoms with Crippen molar-refractivity contribution in [2.45, 2.75) is 6.18 Å². The van der Waals surface area contributed by atoms with Crippen molar-refractivity contribution in [2.75, 3.05) is 24.7 Å². The van der Waals surface area contributed by atoms with Crippen molar-refractivity contribution in [1.82, 2.24) is 0 Å². The second-order valence-corrected chi connectivity index (χ2v) is 4.25. The summed E-state index contributed by atoms with van der Waals surface area (Å²) >= 11 is 0. The standard InChI is InChI=1S/C12H11F3N2O2/c1-17(2)6-3-4-7-8(5-6)19-11(18)10(16)9(7)12(13,14)15/h3-5H,16H2,1-2H3. The molecule has 0 saturated carbocycles. The van der Waals surface area contributed by atoms with Crippen molar-refractivity contribution in [1.29, 1.82) is 0 Å². The maximum atomic E-state index is 12.9. The molecule has 4 nitrogen and oxygen atoms in total. The van der Waals surface area contributed by atoms with Crippen LogP contribution in [0.1, 0.15) is 5.56 Å². The summed E-state index contributed by atoms with van der Waals surface area (Å²) in [5, 5.41) is -0.227. The van der Waals surface area contributed by atoms with Gasteiger partial charge in [0.2, 0.25) is 0 Å². The highest BCUT2D eigenvalue weighted by Crippen LogP contribution is 2.38. The van der Waals surface area contributed by atoms with E-state index in [2.05, 4.69) is 0 Å². The number of benzene rings is 1. The van der Waals surface area contributed by atoms with Gasteiger partial charge in [-0.05, 0) is 12.1 Å². The molecule has 19 heavy (non-hydrogen) atoms. The quantitative estimate of drug-likeness (QED) is 0.810. The number of nitrogens with zero attached hydrogens (tertiary/aromatic N) is 1. The highest BCUT2D eigenvalue weighted by atomic mass is 19.4. The molecule has 2 rings (SSSR count). The number of alkyl halides is 3. The van der Waals surface area contributed by atoms with Gasteiger partial charge >= 0.3 is 11.8 Å². The lowest BCUT2D eigenvalue weighted by atomic mass is 10.1. The number of rotatable bonds is 1. The normalized spacial score (nSPS) is 11.8. The summed E-state index contributed by atoms with van der Waals surface area (Å²) in [4.78, 5) is 13.1. The molecule has 2 N–H and O–H groups in total. The van der Waals surface area contributed by atoms with Crippen molar-refractivity contribution in [2.24, 2.45) is 0 Å². The fourth-order valence-electron chi connectivity index (χ4n) is 1.79. The summed E-state index contributed by atoms with van der Waals surface area (Å²) in [5.41, 5.74) is 2.42. The van der Waals surface area contributed by atoms with Gasteiger partial charge in [0.05, 0.1) is 5.56 Å². The third-order valence-electron chi connectivity index (χ3n) is 2.73. The monoisotopic (exact) mass is 272 g/mol. The molecular formula is C12H11F3N2O2. The Balaban J connectivity index is 2.88. The van der Waals surface area contributed by atoms with E-state index in [1.54, 1.807) is 19.0 Å². The molecule has 0 amide bonds. The van der Waals surface area contributed by atoms with Crippen molar-refractivity contribution >= 4 is 22.3 Å². The predicted molar refractivity (Wildman–Crippen MR) is 66.2 cm³/mol. The zero-order chi connectivity index (χ0) is 14.4. The lowest BCUT2D eigenvalue weighted by Crippen LogP contribution is -2.18. The van der Waals surface area contributed by atoms with Crippen LogP contribution >= 0.6 is 0 Å². The minimum atomic E-state index is -4.71. The Morgan fingerprint density at radius 1 is 1.26 bits per heavy atom. The molecule has 0 aliphatic heterocycles. The molecule has 0 aliphatic carbocycles. The number of hydrogen-bond acceptors (Lipinski definition) is 4. The van der Waals surface area contributed by atoms with Crippen LogP contribution < -0.4 is 16.3 Å². The first-order valence-corrected chi connectivity index (χ1v) is 5.32. The van der Waals surface area contributed by atoms with E-state index in [0.717, 1.165) is 0 Å². The number of fused-ring (bicyclic) bond motifs is 1. The molecule has 0 spiro atoms. The molecule has 0 radical (unpaired) electrons. The first-order chi connectivity index (χ1) is 8.71. The van der Waals surface area contributed by atoms with Gasteiger partial charge in [0, 0.05) is 31.2 Å². The van der Waals surface area contributed by atoms with Crippen LogP contribution in [0.5, 0.6) is 0 Å². The van der Waals surface area contributed by atoms with Crippen molar-refractivity contribution in [3.63, 3.8) is 0 Å². The van der Waals surface area contributed by atoms with Gasteiger partial charge in [-0.3, -0.25) is 0 Å². The molecule has 2 aromatic rings. The van der Waals surface area contributed by atoms with Crippen molar-refractivity contribution < 1.29 is 17.6 Å². The van der Waals surface area contributed by atoms with E-state index in [4.69, 9.17) is 10.2 Å². The van der Waals surface area contributed by atoms with Crippen LogP contribution in [0, 0.1) is 0 Å². The Morgan fingerprint density at radius 2 is 1.89 bits per heavy atom. The fraction of sp³-hybridized carbons (Fsp3) is 0.250. The van der Waals surface area contributed by atoms with Crippen LogP contribution in [-0.2, 0) is 6.18 Å². The van der Waals surface area contributed by atoms with Gasteiger partial charge < -0.3 is 15.1 Å². The van der Waals surface area contributed by atoms with Gasteiger partial charge in [-0.15, -0.1) is 0 Å². The highest BCUT2D eigenvalue weighted by Gasteiger charge is 2.37. The predicted octanol–water partition coefficient (Wildman–Crippen LogP) is 2.46. The van der Waals surface area contributed by atoms with Gasteiger partial charge in [-0.2, -0.15) is 13.2 Å². The third kappa shape index (κ3) is 2.23. The van der Waals surface area contributed by atoms with Gasteiger partial charge in [0.15, 0.2) is 0 Å². The van der Waals surface area contributed by atoms with Gasteiger partial charge in [-0.1, -0.05) is 0 Å². The minimum Gasteiger partial charge on any atom is -0.421 e. The first kappa shape index (κ1) is 13.3. The third-order valence-corrected chi connectivity index (χ3v) is 2.73. The maximum Gasteiger partial charge on any atom is 0.419 e. The zero-order valence-corrected chi connectivity index (χ0v) is 10.2. The Kier molecular flexibility index (Phi) is 2.92. The number of halogens is 3. The number of hydrogen-bond donors (Lipinski definition) is 1. The van der Waals surface area contributed by atoms with E-state index in [9.17, 15) is 18.0 Å². The summed E-state index contributed by atoms with van der Waals surface area (Å²) < 4.78 is 43.7. The molecule has 7 heteroatoms. The number of nitrogens with two attached hydrogens (primary N) is 1. The SMILES string of the molecule is CN(C)c1ccc2c(C(F)(F)F)c(N)c(=O)oc2c1. The van der Waals surface area contributed by atoms with Crippen LogP contribution in [0.4, 0.5) is 24.5 Å². The van der Waals surface area contributed by atoms with Gasteiger partial charge in [0.1, 0.15) is 11.3 Å². The van der Waals surface area contributed by atoms with Gasteiger partial charge in [0.25, 0.3) is 0 Å². The lowest BCUT2D eigenvalue weighted by molar-refractivity contribution is -0.135. The van der Waals surface area contributed by atoms with E-state index in [1.807, 2.05) is 0 Å². The topological polar surface area (TPSA) is 59.5 Å². The Labute approximate surface area is 106 Å². The summed E-state index contributed by atoms with van der Waals surface area (Å²) in [6.45, 7) is 0. The molecule has 102 valence electrons. The summed E-state index contributed by atoms with van der Waals surface area (Å²) in [7, 11) is 3.45. The van der Waals surface area contributed by atoms with Crippen LogP contribution in [0.15, 0.2) is 27.4 Å². The Bertz CT molecular complexity index is 690. The first-order valence-electron chi connectivity index (χ1n) is 5.32. The molecular weight excluding hydrogens is 261 g/mol. The average molecular weight is 272 g/mol. The molecule has 1 aromatic carbocycles. The molecule has 0 fully saturated rings. The maximum absolute atomic E-state index is 12.9. The lowest BCUT2D eigenvalue weighted by Gasteiger charge is -2.15. The van der Waals surface area contributed by atoms with Crippen molar-refractivity contribution in [3.05, 3.63) is 34.2 Å². The summed E-state index contributed by atoms with van der Waals surface area (Å²) in [6, 6.07) is 4.11. The Hall–Kier alpha value is -2.18. The van der Waals surface area contributed by atoms with E-state index < -0.39 is 23.1 Å². The van der Waals surface area contributed by atoms with Crippen LogP contribution in [0.3, 0.4) is 0 Å². The van der Waals surface area contributed by atoms with E-state index in [-0.39, 0.29) is 11.0 Å². The molecule has 0 atom stereocenters. The minimum absolute atomic E-state index is 0.141. The second-order valence-electron chi connectivity index (χ2n) is 4.25. The molecule has 0 bridgehead atoms. The van der Waals surface area contributed by atoms with Crippen molar-refractivity contribution in [3.8, 4) is 0 Å². The van der Waals surface area contributed by atoms with Crippen LogP contribution in [0.2, 0.25) is 0 Å².